The number of benzene rings is 2. The van der Waals surface area contributed by atoms with Gasteiger partial charge < -0.3 is 15.0 Å². The van der Waals surface area contributed by atoms with E-state index < -0.39 is 0 Å². The van der Waals surface area contributed by atoms with E-state index in [1.165, 1.54) is 40.7 Å². The van der Waals surface area contributed by atoms with Crippen molar-refractivity contribution in [3.8, 4) is 17.2 Å². The van der Waals surface area contributed by atoms with Gasteiger partial charge in [0.1, 0.15) is 24.4 Å². The maximum atomic E-state index is 12.9. The van der Waals surface area contributed by atoms with Crippen molar-refractivity contribution in [2.45, 2.75) is 17.5 Å². The van der Waals surface area contributed by atoms with Crippen LogP contribution in [0.1, 0.15) is 11.5 Å². The van der Waals surface area contributed by atoms with Crippen LogP contribution in [0.3, 0.4) is 0 Å². The number of aromatic nitrogens is 4. The van der Waals surface area contributed by atoms with Gasteiger partial charge in [0.15, 0.2) is 5.82 Å². The van der Waals surface area contributed by atoms with Gasteiger partial charge in [-0.25, -0.2) is 14.1 Å². The van der Waals surface area contributed by atoms with Gasteiger partial charge >= 0.3 is 0 Å². The molecule has 7 nitrogen and oxygen atoms in total. The Bertz CT molecular complexity index is 1050. The second-order valence-electron chi connectivity index (χ2n) is 5.81. The minimum absolute atomic E-state index is 0.123. The maximum Gasteiger partial charge on any atom is 0.226 e. The SMILES string of the molecule is Nn1c(COc2ccc(F)cc2)nnc1SCc1coc(-c2ccccc2)n1. The number of nitrogens with two attached hydrogens (primary N) is 1. The van der Waals surface area contributed by atoms with Crippen molar-refractivity contribution in [2.75, 3.05) is 5.84 Å². The third kappa shape index (κ3) is 4.15. The Kier molecular flexibility index (Phi) is 5.24. The van der Waals surface area contributed by atoms with E-state index in [1.54, 1.807) is 6.26 Å². The van der Waals surface area contributed by atoms with Crippen LogP contribution in [0.2, 0.25) is 0 Å². The first kappa shape index (κ1) is 18.1. The lowest BCUT2D eigenvalue weighted by atomic mass is 10.2. The van der Waals surface area contributed by atoms with Gasteiger partial charge in [-0.3, -0.25) is 0 Å². The highest BCUT2D eigenvalue weighted by atomic mass is 32.2. The van der Waals surface area contributed by atoms with Crippen LogP contribution >= 0.6 is 11.8 Å². The van der Waals surface area contributed by atoms with Crippen molar-refractivity contribution in [1.82, 2.24) is 19.9 Å². The number of hydrogen-bond acceptors (Lipinski definition) is 7. The van der Waals surface area contributed by atoms with Crippen molar-refractivity contribution in [2.24, 2.45) is 0 Å². The van der Waals surface area contributed by atoms with E-state index in [-0.39, 0.29) is 12.4 Å². The molecule has 0 radical (unpaired) electrons. The zero-order valence-corrected chi connectivity index (χ0v) is 15.5. The van der Waals surface area contributed by atoms with Crippen LogP contribution < -0.4 is 10.6 Å². The third-order valence-electron chi connectivity index (χ3n) is 3.84. The number of hydrogen-bond donors (Lipinski definition) is 1. The number of oxazole rings is 1. The molecule has 0 amide bonds. The van der Waals surface area contributed by atoms with Gasteiger partial charge in [-0.15, -0.1) is 10.2 Å². The molecule has 0 fully saturated rings. The zero-order chi connectivity index (χ0) is 19.3. The molecule has 0 aliphatic rings. The zero-order valence-electron chi connectivity index (χ0n) is 14.7. The van der Waals surface area contributed by atoms with Crippen LogP contribution in [0.5, 0.6) is 5.75 Å². The summed E-state index contributed by atoms with van der Waals surface area (Å²) in [6, 6.07) is 15.4. The summed E-state index contributed by atoms with van der Waals surface area (Å²) < 4.78 is 25.4. The Morgan fingerprint density at radius 3 is 2.64 bits per heavy atom. The lowest BCUT2D eigenvalue weighted by Crippen LogP contribution is -2.15. The Morgan fingerprint density at radius 1 is 1.07 bits per heavy atom. The summed E-state index contributed by atoms with van der Waals surface area (Å²) in [5.41, 5.74) is 1.69. The summed E-state index contributed by atoms with van der Waals surface area (Å²) in [5.74, 6) is 7.80. The average Bonchev–Trinajstić information content (AvgIpc) is 3.34. The molecule has 2 heterocycles. The standard InChI is InChI=1S/C19H16FN5O2S/c20-14-6-8-16(9-7-14)26-11-17-23-24-19(25(17)21)28-12-15-10-27-18(22-15)13-4-2-1-3-5-13/h1-10H,11-12,21H2. The van der Waals surface area contributed by atoms with Crippen LogP contribution in [-0.2, 0) is 12.4 Å². The normalized spacial score (nSPS) is 10.9. The minimum atomic E-state index is -0.323. The lowest BCUT2D eigenvalue weighted by molar-refractivity contribution is 0.291. The summed E-state index contributed by atoms with van der Waals surface area (Å²) in [7, 11) is 0. The molecule has 2 N–H and O–H groups in total. The Balaban J connectivity index is 1.36. The predicted molar refractivity (Wildman–Crippen MR) is 102 cm³/mol. The Morgan fingerprint density at radius 2 is 1.86 bits per heavy atom. The van der Waals surface area contributed by atoms with Crippen LogP contribution in [-0.4, -0.2) is 19.9 Å². The van der Waals surface area contributed by atoms with E-state index >= 15 is 0 Å². The monoisotopic (exact) mass is 397 g/mol. The first-order chi connectivity index (χ1) is 13.7. The second kappa shape index (κ2) is 8.13. The van der Waals surface area contributed by atoms with Crippen LogP contribution in [0.4, 0.5) is 4.39 Å². The number of nitrogen functional groups attached to an aromatic ring is 1. The van der Waals surface area contributed by atoms with E-state index in [0.717, 1.165) is 11.3 Å². The van der Waals surface area contributed by atoms with Crippen LogP contribution in [0.25, 0.3) is 11.5 Å². The number of rotatable bonds is 7. The molecule has 0 aliphatic heterocycles. The predicted octanol–water partition coefficient (Wildman–Crippen LogP) is 3.66. The van der Waals surface area contributed by atoms with Gasteiger partial charge in [-0.1, -0.05) is 30.0 Å². The number of ether oxygens (including phenoxy) is 1. The molecule has 4 rings (SSSR count). The molecule has 0 saturated heterocycles. The van der Waals surface area contributed by atoms with Crippen molar-refractivity contribution >= 4 is 11.8 Å². The van der Waals surface area contributed by atoms with Crippen LogP contribution in [0, 0.1) is 5.82 Å². The Labute approximate surface area is 164 Å². The summed E-state index contributed by atoms with van der Waals surface area (Å²) >= 11 is 1.39. The topological polar surface area (TPSA) is 92.0 Å². The lowest BCUT2D eigenvalue weighted by Gasteiger charge is -2.06. The molecule has 4 aromatic rings. The molecule has 0 aliphatic carbocycles. The molecular weight excluding hydrogens is 381 g/mol. The molecule has 0 unspecified atom stereocenters. The van der Waals surface area contributed by atoms with E-state index in [4.69, 9.17) is 15.0 Å². The number of halogens is 1. The fraction of sp³-hybridized carbons (Fsp3) is 0.105. The van der Waals surface area contributed by atoms with Gasteiger partial charge in [0.2, 0.25) is 11.0 Å². The number of thioether (sulfide) groups is 1. The van der Waals surface area contributed by atoms with E-state index in [0.29, 0.717) is 28.4 Å². The maximum absolute atomic E-state index is 12.9. The first-order valence-electron chi connectivity index (χ1n) is 8.39. The molecule has 9 heteroatoms. The van der Waals surface area contributed by atoms with E-state index in [9.17, 15) is 4.39 Å². The summed E-state index contributed by atoms with van der Waals surface area (Å²) in [6.45, 7) is 0.123. The van der Waals surface area contributed by atoms with Crippen LogP contribution in [0.15, 0.2) is 70.4 Å². The molecule has 0 saturated carbocycles. The fourth-order valence-corrected chi connectivity index (χ4v) is 3.16. The first-order valence-corrected chi connectivity index (χ1v) is 9.38. The van der Waals surface area contributed by atoms with Crippen molar-refractivity contribution in [3.05, 3.63) is 78.2 Å². The number of nitrogens with zero attached hydrogens (tertiary/aromatic N) is 4. The summed E-state index contributed by atoms with van der Waals surface area (Å²) in [4.78, 5) is 4.47. The van der Waals surface area contributed by atoms with Gasteiger partial charge in [0, 0.05) is 11.3 Å². The van der Waals surface area contributed by atoms with Gasteiger partial charge in [-0.05, 0) is 36.4 Å². The molecule has 2 aromatic heterocycles. The smallest absolute Gasteiger partial charge is 0.226 e. The molecule has 0 spiro atoms. The van der Waals surface area contributed by atoms with Crippen molar-refractivity contribution < 1.29 is 13.5 Å². The summed E-state index contributed by atoms with van der Waals surface area (Å²) in [5, 5.41) is 8.64. The van der Waals surface area contributed by atoms with Crippen molar-refractivity contribution in [3.63, 3.8) is 0 Å². The molecule has 142 valence electrons. The second-order valence-corrected chi connectivity index (χ2v) is 6.75. The Hall–Kier alpha value is -3.33. The third-order valence-corrected chi connectivity index (χ3v) is 4.81. The fourth-order valence-electron chi connectivity index (χ4n) is 2.41. The quantitative estimate of drug-likeness (QED) is 0.376. The highest BCUT2D eigenvalue weighted by Gasteiger charge is 2.13. The molecule has 0 atom stereocenters. The molecule has 2 aromatic carbocycles. The van der Waals surface area contributed by atoms with Gasteiger partial charge in [-0.2, -0.15) is 0 Å². The largest absolute Gasteiger partial charge is 0.486 e. The molecule has 0 bridgehead atoms. The summed E-state index contributed by atoms with van der Waals surface area (Å²) in [6.07, 6.45) is 1.62. The highest BCUT2D eigenvalue weighted by Crippen LogP contribution is 2.24. The molecular formula is C19H16FN5O2S. The average molecular weight is 397 g/mol. The van der Waals surface area contributed by atoms with E-state index in [1.807, 2.05) is 30.3 Å². The highest BCUT2D eigenvalue weighted by molar-refractivity contribution is 7.98. The minimum Gasteiger partial charge on any atom is -0.486 e. The van der Waals surface area contributed by atoms with Crippen molar-refractivity contribution in [1.29, 1.82) is 0 Å². The molecule has 28 heavy (non-hydrogen) atoms. The van der Waals surface area contributed by atoms with E-state index in [2.05, 4.69) is 15.2 Å². The van der Waals surface area contributed by atoms with Gasteiger partial charge in [0.25, 0.3) is 0 Å². The van der Waals surface area contributed by atoms with Gasteiger partial charge in [0.05, 0.1) is 5.69 Å².